The lowest BCUT2D eigenvalue weighted by molar-refractivity contribution is -0.138. The van der Waals surface area contributed by atoms with E-state index in [1.165, 1.54) is 0 Å². The summed E-state index contributed by atoms with van der Waals surface area (Å²) < 4.78 is 4.81. The number of nitrogens with one attached hydrogen (secondary N) is 2. The third kappa shape index (κ3) is 9.27. The van der Waals surface area contributed by atoms with Gasteiger partial charge in [0.15, 0.2) is 0 Å². The van der Waals surface area contributed by atoms with Gasteiger partial charge in [0.1, 0.15) is 6.04 Å². The van der Waals surface area contributed by atoms with E-state index in [0.29, 0.717) is 12.0 Å². The van der Waals surface area contributed by atoms with Gasteiger partial charge in [-0.15, -0.1) is 0 Å². The van der Waals surface area contributed by atoms with E-state index in [1.54, 1.807) is 37.3 Å². The molecule has 0 saturated heterocycles. The second kappa shape index (κ2) is 13.3. The Hall–Kier alpha value is -4.12. The van der Waals surface area contributed by atoms with Crippen LogP contribution in [0, 0.1) is 11.8 Å². The lowest BCUT2D eigenvalue weighted by atomic mass is 10.0. The Balaban J connectivity index is 2.19. The van der Waals surface area contributed by atoms with E-state index in [-0.39, 0.29) is 19.4 Å². The largest absolute Gasteiger partial charge is 0.481 e. The fraction of sp³-hybridized carbons (Fsp3) is 0.280. The third-order valence-electron chi connectivity index (χ3n) is 4.53. The van der Waals surface area contributed by atoms with Crippen LogP contribution in [0.5, 0.6) is 0 Å². The number of esters is 1. The number of carboxylic acids is 1. The van der Waals surface area contributed by atoms with Crippen molar-refractivity contribution in [2.24, 2.45) is 0 Å². The lowest BCUT2D eigenvalue weighted by Crippen LogP contribution is -2.50. The molecule has 2 aromatic rings. The van der Waals surface area contributed by atoms with Crippen LogP contribution in [-0.2, 0) is 25.5 Å². The van der Waals surface area contributed by atoms with Gasteiger partial charge in [-0.05, 0) is 31.0 Å². The minimum absolute atomic E-state index is 0.108. The molecule has 33 heavy (non-hydrogen) atoms. The van der Waals surface area contributed by atoms with Crippen molar-refractivity contribution in [3.63, 3.8) is 0 Å². The molecule has 2 atom stereocenters. The molecule has 0 heterocycles. The fourth-order valence-electron chi connectivity index (χ4n) is 2.94. The summed E-state index contributed by atoms with van der Waals surface area (Å²) in [6.07, 6.45) is -0.120. The van der Waals surface area contributed by atoms with E-state index in [0.717, 1.165) is 5.56 Å². The van der Waals surface area contributed by atoms with Crippen LogP contribution >= 0.6 is 0 Å². The maximum atomic E-state index is 13.0. The Bertz CT molecular complexity index is 1010. The van der Waals surface area contributed by atoms with Crippen LogP contribution < -0.4 is 10.6 Å². The first-order chi connectivity index (χ1) is 15.9. The standard InChI is InChI=1S/C25H26N2O6/c1-2-33-23(30)16-13-20(17-18-9-5-3-6-10-18)26-25(32)21(14-15-22(28)29)27-24(31)19-11-7-4-8-12-19/h3-12,20-21H,2,14-15,17H2,1H3,(H,26,32)(H,27,31)(H,28,29)/t20-,21+/m1/s1. The van der Waals surface area contributed by atoms with E-state index < -0.39 is 35.8 Å². The normalized spacial score (nSPS) is 11.8. The van der Waals surface area contributed by atoms with Crippen LogP contribution in [0.1, 0.15) is 35.7 Å². The second-order valence-corrected chi connectivity index (χ2v) is 7.07. The van der Waals surface area contributed by atoms with E-state index in [4.69, 9.17) is 9.84 Å². The molecule has 0 unspecified atom stereocenters. The highest BCUT2D eigenvalue weighted by molar-refractivity contribution is 5.97. The van der Waals surface area contributed by atoms with Gasteiger partial charge in [0.25, 0.3) is 5.91 Å². The first kappa shape index (κ1) is 25.1. The molecule has 0 aliphatic carbocycles. The highest BCUT2D eigenvalue weighted by Gasteiger charge is 2.24. The molecule has 3 N–H and O–H groups in total. The molecule has 2 amide bonds. The number of hydrogen-bond donors (Lipinski definition) is 3. The van der Waals surface area contributed by atoms with Crippen LogP contribution in [0.3, 0.4) is 0 Å². The third-order valence-corrected chi connectivity index (χ3v) is 4.53. The molecule has 0 aliphatic rings. The van der Waals surface area contributed by atoms with Crippen LogP contribution in [0.2, 0.25) is 0 Å². The zero-order valence-electron chi connectivity index (χ0n) is 18.2. The van der Waals surface area contributed by atoms with Gasteiger partial charge in [0, 0.05) is 24.3 Å². The summed E-state index contributed by atoms with van der Waals surface area (Å²) in [5.74, 6) is 2.15. The zero-order chi connectivity index (χ0) is 24.1. The molecule has 0 fully saturated rings. The smallest absolute Gasteiger partial charge is 0.384 e. The van der Waals surface area contributed by atoms with Gasteiger partial charge in [0.2, 0.25) is 5.91 Å². The van der Waals surface area contributed by atoms with Gasteiger partial charge in [-0.2, -0.15) is 0 Å². The predicted molar refractivity (Wildman–Crippen MR) is 121 cm³/mol. The average molecular weight is 450 g/mol. The number of ether oxygens (including phenoxy) is 1. The number of rotatable bonds is 10. The molecule has 2 aromatic carbocycles. The molecular formula is C25H26N2O6. The molecule has 0 spiro atoms. The minimum Gasteiger partial charge on any atom is -0.481 e. The zero-order valence-corrected chi connectivity index (χ0v) is 18.2. The summed E-state index contributed by atoms with van der Waals surface area (Å²) in [4.78, 5) is 48.3. The number of hydrogen-bond acceptors (Lipinski definition) is 5. The van der Waals surface area contributed by atoms with Crippen LogP contribution in [0.15, 0.2) is 60.7 Å². The summed E-state index contributed by atoms with van der Waals surface area (Å²) >= 11 is 0. The number of carbonyl (C=O) groups is 4. The topological polar surface area (TPSA) is 122 Å². The molecule has 0 bridgehead atoms. The van der Waals surface area contributed by atoms with Gasteiger partial charge >= 0.3 is 11.9 Å². The highest BCUT2D eigenvalue weighted by atomic mass is 16.5. The summed E-state index contributed by atoms with van der Waals surface area (Å²) in [5.41, 5.74) is 1.21. The quantitative estimate of drug-likeness (QED) is 0.289. The van der Waals surface area contributed by atoms with Crippen LogP contribution in [0.4, 0.5) is 0 Å². The Morgan fingerprint density at radius 3 is 2.21 bits per heavy atom. The predicted octanol–water partition coefficient (Wildman–Crippen LogP) is 1.94. The summed E-state index contributed by atoms with van der Waals surface area (Å²) in [5, 5.41) is 14.4. The van der Waals surface area contributed by atoms with Crippen molar-refractivity contribution >= 4 is 23.8 Å². The van der Waals surface area contributed by atoms with E-state index in [2.05, 4.69) is 22.5 Å². The monoisotopic (exact) mass is 450 g/mol. The average Bonchev–Trinajstić information content (AvgIpc) is 2.81. The molecule has 0 saturated carbocycles. The van der Waals surface area contributed by atoms with Crippen molar-refractivity contribution in [3.05, 3.63) is 71.8 Å². The first-order valence-corrected chi connectivity index (χ1v) is 10.5. The maximum Gasteiger partial charge on any atom is 0.384 e. The molecule has 8 heteroatoms. The van der Waals surface area contributed by atoms with Gasteiger partial charge in [-0.25, -0.2) is 4.79 Å². The van der Waals surface area contributed by atoms with Crippen molar-refractivity contribution in [1.29, 1.82) is 0 Å². The molecule has 0 aliphatic heterocycles. The molecule has 172 valence electrons. The van der Waals surface area contributed by atoms with Gasteiger partial charge in [-0.3, -0.25) is 14.4 Å². The van der Waals surface area contributed by atoms with Gasteiger partial charge in [-0.1, -0.05) is 54.5 Å². The van der Waals surface area contributed by atoms with Crippen LogP contribution in [-0.4, -0.2) is 47.6 Å². The fourth-order valence-corrected chi connectivity index (χ4v) is 2.94. The molecular weight excluding hydrogens is 424 g/mol. The van der Waals surface area contributed by atoms with E-state index >= 15 is 0 Å². The summed E-state index contributed by atoms with van der Waals surface area (Å²) in [7, 11) is 0. The maximum absolute atomic E-state index is 13.0. The number of amides is 2. The summed E-state index contributed by atoms with van der Waals surface area (Å²) in [6.45, 7) is 1.83. The second-order valence-electron chi connectivity index (χ2n) is 7.07. The number of carbonyl (C=O) groups excluding carboxylic acids is 3. The van der Waals surface area contributed by atoms with Crippen molar-refractivity contribution < 1.29 is 29.0 Å². The van der Waals surface area contributed by atoms with Gasteiger partial charge in [0.05, 0.1) is 12.6 Å². The van der Waals surface area contributed by atoms with Crippen LogP contribution in [0.25, 0.3) is 0 Å². The Labute approximate surface area is 192 Å². The number of carboxylic acid groups (broad SMARTS) is 1. The van der Waals surface area contributed by atoms with E-state index in [1.807, 2.05) is 30.3 Å². The van der Waals surface area contributed by atoms with Crippen molar-refractivity contribution in [2.75, 3.05) is 6.61 Å². The van der Waals surface area contributed by atoms with Gasteiger partial charge < -0.3 is 20.5 Å². The molecule has 0 radical (unpaired) electrons. The number of aliphatic carboxylic acids is 1. The Kier molecular flexibility index (Phi) is 10.2. The highest BCUT2D eigenvalue weighted by Crippen LogP contribution is 2.06. The summed E-state index contributed by atoms with van der Waals surface area (Å²) in [6, 6.07) is 15.7. The molecule has 8 nitrogen and oxygen atoms in total. The lowest BCUT2D eigenvalue weighted by Gasteiger charge is -2.21. The SMILES string of the molecule is CCOC(=O)C#C[C@H](Cc1ccccc1)NC(=O)[C@H](CCC(=O)O)NC(=O)c1ccccc1. The first-order valence-electron chi connectivity index (χ1n) is 10.5. The Morgan fingerprint density at radius 2 is 1.61 bits per heavy atom. The van der Waals surface area contributed by atoms with Crippen molar-refractivity contribution in [3.8, 4) is 11.8 Å². The molecule has 0 aromatic heterocycles. The number of benzene rings is 2. The van der Waals surface area contributed by atoms with Crippen molar-refractivity contribution in [2.45, 2.75) is 38.3 Å². The van der Waals surface area contributed by atoms with Crippen molar-refractivity contribution in [1.82, 2.24) is 10.6 Å². The van der Waals surface area contributed by atoms with E-state index in [9.17, 15) is 19.2 Å². The minimum atomic E-state index is -1.10. The molecule has 2 rings (SSSR count). The Morgan fingerprint density at radius 1 is 0.970 bits per heavy atom.